The Morgan fingerprint density at radius 3 is 1.47 bits per heavy atom. The molecule has 294 valence electrons. The summed E-state index contributed by atoms with van der Waals surface area (Å²) < 4.78 is 0. The molecule has 0 amide bonds. The van der Waals surface area contributed by atoms with E-state index in [1.165, 1.54) is 124 Å². The minimum Gasteiger partial charge on any atom is -0.184 e. The molecule has 8 aromatic carbocycles. The first-order valence-corrected chi connectivity index (χ1v) is 28.1. The van der Waals surface area contributed by atoms with Gasteiger partial charge in [-0.3, -0.25) is 0 Å². The molecular weight excluding hydrogens is 839 g/mol. The average molecular weight is 892 g/mol. The molecule has 0 saturated carbocycles. The van der Waals surface area contributed by atoms with Crippen LogP contribution in [0.1, 0.15) is 73.9 Å². The van der Waals surface area contributed by atoms with Crippen LogP contribution in [0.5, 0.6) is 0 Å². The van der Waals surface area contributed by atoms with Crippen LogP contribution in [0.3, 0.4) is 0 Å². The van der Waals surface area contributed by atoms with Crippen molar-refractivity contribution in [3.63, 3.8) is 0 Å². The third-order valence-corrected chi connectivity index (χ3v) is 12.4. The Kier molecular flexibility index (Phi) is 16.2. The molecule has 9 rings (SSSR count). The number of hydrogen-bond donors (Lipinski definition) is 0. The Bertz CT molecular complexity index is 2400. The zero-order valence-electron chi connectivity index (χ0n) is 34.8. The standard InChI is InChI=1S/2C21H23.C12H7Si.2ClH.Zr/c2*1-4-8-16-13-18-12-11-17(5-2)21(20(18)14-16)19-10-7-6-9-15(19)3;1-3-7-11-9(5-1)10-6-2-4-8-12(10)13-11;;;/h2*6-7,9-14H,4-5,8H2,1-3H3;1-7H;2*1H;/q3*-1;;;+2/p-2. The van der Waals surface area contributed by atoms with E-state index in [1.807, 2.05) is 6.07 Å². The van der Waals surface area contributed by atoms with Crippen LogP contribution in [-0.4, -0.2) is 9.52 Å². The van der Waals surface area contributed by atoms with Gasteiger partial charge in [-0.15, -0.1) is 74.6 Å². The van der Waals surface area contributed by atoms with Gasteiger partial charge in [0.1, 0.15) is 0 Å². The monoisotopic (exact) mass is 889 g/mol. The van der Waals surface area contributed by atoms with Gasteiger partial charge >= 0.3 is 37.9 Å². The number of benzene rings is 6. The second-order valence-electron chi connectivity index (χ2n) is 15.0. The minimum absolute atomic E-state index is 0.795. The molecule has 58 heavy (non-hydrogen) atoms. The molecule has 2 radical (unpaired) electrons. The van der Waals surface area contributed by atoms with Gasteiger partial charge in [0.2, 0.25) is 0 Å². The molecule has 0 aliphatic carbocycles. The Morgan fingerprint density at radius 2 is 1.00 bits per heavy atom. The summed E-state index contributed by atoms with van der Waals surface area (Å²) in [5, 5.41) is 8.44. The maximum absolute atomic E-state index is 4.93. The van der Waals surface area contributed by atoms with E-state index in [2.05, 4.69) is 181 Å². The second-order valence-corrected chi connectivity index (χ2v) is 20.0. The van der Waals surface area contributed by atoms with Crippen LogP contribution < -0.4 is 10.4 Å². The predicted octanol–water partition coefficient (Wildman–Crippen LogP) is 14.6. The van der Waals surface area contributed by atoms with Crippen molar-refractivity contribution in [2.24, 2.45) is 0 Å². The Hall–Kier alpha value is -3.78. The van der Waals surface area contributed by atoms with Crippen molar-refractivity contribution >= 4 is 58.5 Å². The molecule has 1 aliphatic rings. The quantitative estimate of drug-likeness (QED) is 0.105. The van der Waals surface area contributed by atoms with Gasteiger partial charge in [0.25, 0.3) is 0 Å². The minimum atomic E-state index is -0.826. The van der Waals surface area contributed by atoms with Crippen LogP contribution in [0.25, 0.3) is 54.9 Å². The number of hydrogen-bond acceptors (Lipinski definition) is 0. The molecule has 0 bridgehead atoms. The zero-order chi connectivity index (χ0) is 41.0. The Morgan fingerprint density at radius 1 is 0.552 bits per heavy atom. The fourth-order valence-corrected chi connectivity index (χ4v) is 9.61. The SMILES string of the molecule is CCCc1cc2c(-c3ccccc3C)c(CC)ccc2[cH-]1.CCCc1cc2c(-c3ccccc3C)c(CC)ccc2[cH-]1.[Cl][Zr][Cl].[c-]1cccc2c1[Si]c1ccccc1-2. The van der Waals surface area contributed by atoms with E-state index in [9.17, 15) is 0 Å². The van der Waals surface area contributed by atoms with E-state index in [0.29, 0.717) is 0 Å². The number of halogens is 2. The van der Waals surface area contributed by atoms with E-state index in [4.69, 9.17) is 17.0 Å². The summed E-state index contributed by atoms with van der Waals surface area (Å²) in [6.45, 7) is 13.4. The maximum atomic E-state index is 4.93. The average Bonchev–Trinajstić information content (AvgIpc) is 3.96. The number of aryl methyl sites for hydroxylation is 6. The zero-order valence-corrected chi connectivity index (χ0v) is 39.7. The summed E-state index contributed by atoms with van der Waals surface area (Å²) >= 11 is -0.826. The van der Waals surface area contributed by atoms with Gasteiger partial charge < -0.3 is 0 Å². The van der Waals surface area contributed by atoms with Crippen molar-refractivity contribution < 1.29 is 20.8 Å². The molecule has 0 atom stereocenters. The third kappa shape index (κ3) is 10.1. The molecule has 1 heterocycles. The van der Waals surface area contributed by atoms with Crippen molar-refractivity contribution in [1.29, 1.82) is 0 Å². The fourth-order valence-electron chi connectivity index (χ4n) is 8.30. The summed E-state index contributed by atoms with van der Waals surface area (Å²) in [5.41, 5.74) is 17.0. The van der Waals surface area contributed by atoms with Gasteiger partial charge in [-0.25, -0.2) is 0 Å². The van der Waals surface area contributed by atoms with Gasteiger partial charge in [-0.2, -0.15) is 41.6 Å². The normalized spacial score (nSPS) is 11.1. The van der Waals surface area contributed by atoms with E-state index >= 15 is 0 Å². The summed E-state index contributed by atoms with van der Waals surface area (Å²) in [7, 11) is 10.7. The topological polar surface area (TPSA) is 0 Å². The molecular formula is C54H53Cl2SiZr-3. The van der Waals surface area contributed by atoms with Crippen molar-refractivity contribution in [1.82, 2.24) is 0 Å². The van der Waals surface area contributed by atoms with Crippen molar-refractivity contribution in [3.05, 3.63) is 179 Å². The first kappa shape index (κ1) is 43.8. The van der Waals surface area contributed by atoms with E-state index < -0.39 is 20.8 Å². The van der Waals surface area contributed by atoms with Crippen LogP contribution in [0.15, 0.2) is 140 Å². The second kappa shape index (κ2) is 21.5. The summed E-state index contributed by atoms with van der Waals surface area (Å²) in [5.74, 6) is 0. The van der Waals surface area contributed by atoms with Gasteiger partial charge in [0.05, 0.1) is 9.52 Å². The van der Waals surface area contributed by atoms with Gasteiger partial charge in [-0.1, -0.05) is 146 Å². The smallest absolute Gasteiger partial charge is 0.0920 e. The van der Waals surface area contributed by atoms with Crippen LogP contribution in [0.2, 0.25) is 0 Å². The first-order chi connectivity index (χ1) is 28.3. The number of fused-ring (bicyclic) bond motifs is 5. The fraction of sp³-hybridized carbons (Fsp3) is 0.222. The molecule has 0 unspecified atom stereocenters. The van der Waals surface area contributed by atoms with Crippen LogP contribution >= 0.6 is 17.0 Å². The molecule has 4 heteroatoms. The Labute approximate surface area is 368 Å². The predicted molar refractivity (Wildman–Crippen MR) is 254 cm³/mol. The Balaban J connectivity index is 0.000000145. The first-order valence-electron chi connectivity index (χ1n) is 20.7. The molecule has 0 fully saturated rings. The van der Waals surface area contributed by atoms with Crippen molar-refractivity contribution in [3.8, 4) is 33.4 Å². The molecule has 0 aromatic heterocycles. The molecule has 0 nitrogen and oxygen atoms in total. The van der Waals surface area contributed by atoms with E-state index in [1.54, 1.807) is 0 Å². The van der Waals surface area contributed by atoms with E-state index in [-0.39, 0.29) is 0 Å². The van der Waals surface area contributed by atoms with Crippen LogP contribution in [0, 0.1) is 19.9 Å². The molecule has 1 aliphatic heterocycles. The molecule has 0 saturated heterocycles. The van der Waals surface area contributed by atoms with Crippen LogP contribution in [-0.2, 0) is 46.5 Å². The van der Waals surface area contributed by atoms with Crippen molar-refractivity contribution in [2.45, 2.75) is 80.1 Å². The maximum Gasteiger partial charge on any atom is 0.0920 e. The van der Waals surface area contributed by atoms with Gasteiger partial charge in [0.15, 0.2) is 0 Å². The molecule has 8 aromatic rings. The van der Waals surface area contributed by atoms with E-state index in [0.717, 1.165) is 22.4 Å². The largest absolute Gasteiger partial charge is 0.184 e. The van der Waals surface area contributed by atoms with Crippen LogP contribution in [0.4, 0.5) is 0 Å². The summed E-state index contributed by atoms with van der Waals surface area (Å²) in [6.07, 6.45) is 6.90. The third-order valence-electron chi connectivity index (χ3n) is 11.1. The summed E-state index contributed by atoms with van der Waals surface area (Å²) in [4.78, 5) is 0. The molecule has 0 N–H and O–H groups in total. The molecule has 0 spiro atoms. The van der Waals surface area contributed by atoms with Gasteiger partial charge in [-0.05, 0) is 61.8 Å². The number of rotatable bonds is 8. The van der Waals surface area contributed by atoms with Crippen molar-refractivity contribution in [2.75, 3.05) is 0 Å². The van der Waals surface area contributed by atoms with Gasteiger partial charge in [0, 0.05) is 0 Å². The summed E-state index contributed by atoms with van der Waals surface area (Å²) in [6, 6.07) is 54.4.